The van der Waals surface area contributed by atoms with Gasteiger partial charge in [0, 0.05) is 6.04 Å². The van der Waals surface area contributed by atoms with E-state index in [0.717, 1.165) is 5.92 Å². The summed E-state index contributed by atoms with van der Waals surface area (Å²) in [7, 11) is 0. The second-order valence-corrected chi connectivity index (χ2v) is 5.41. The standard InChI is InChI=1S/C12H25N/c1-4-5-10(2)8-12(3)7-6-11(13)9-12/h10-11H,4-9,13H2,1-3H3. The van der Waals surface area contributed by atoms with Crippen LogP contribution < -0.4 is 5.73 Å². The molecule has 1 heteroatoms. The lowest BCUT2D eigenvalue weighted by molar-refractivity contribution is 0.245. The smallest absolute Gasteiger partial charge is 0.00442 e. The maximum Gasteiger partial charge on any atom is 0.00442 e. The summed E-state index contributed by atoms with van der Waals surface area (Å²) in [5.74, 6) is 0.889. The molecule has 1 saturated carbocycles. The van der Waals surface area contributed by atoms with Crippen molar-refractivity contribution in [1.29, 1.82) is 0 Å². The maximum absolute atomic E-state index is 5.96. The molecule has 0 aromatic carbocycles. The van der Waals surface area contributed by atoms with Crippen LogP contribution in [-0.2, 0) is 0 Å². The Morgan fingerprint density at radius 2 is 2.23 bits per heavy atom. The van der Waals surface area contributed by atoms with Crippen LogP contribution in [0.25, 0.3) is 0 Å². The van der Waals surface area contributed by atoms with Gasteiger partial charge in [-0.3, -0.25) is 0 Å². The summed E-state index contributed by atoms with van der Waals surface area (Å²) in [4.78, 5) is 0. The Hall–Kier alpha value is -0.0400. The molecule has 1 aliphatic rings. The summed E-state index contributed by atoms with van der Waals surface area (Å²) in [6.07, 6.45) is 7.93. The van der Waals surface area contributed by atoms with Crippen LogP contribution in [0.5, 0.6) is 0 Å². The second kappa shape index (κ2) is 4.45. The lowest BCUT2D eigenvalue weighted by Gasteiger charge is -2.27. The van der Waals surface area contributed by atoms with Crippen LogP contribution in [0.1, 0.15) is 59.3 Å². The average Bonchev–Trinajstić information content (AvgIpc) is 2.30. The van der Waals surface area contributed by atoms with E-state index in [1.807, 2.05) is 0 Å². The predicted molar refractivity (Wildman–Crippen MR) is 58.6 cm³/mol. The molecular formula is C12H25N. The Balaban J connectivity index is 2.34. The number of hydrogen-bond acceptors (Lipinski definition) is 1. The summed E-state index contributed by atoms with van der Waals surface area (Å²) < 4.78 is 0. The van der Waals surface area contributed by atoms with Crippen LogP contribution in [0, 0.1) is 11.3 Å². The predicted octanol–water partition coefficient (Wildman–Crippen LogP) is 3.33. The molecule has 1 aliphatic carbocycles. The summed E-state index contributed by atoms with van der Waals surface area (Å²) in [6.45, 7) is 7.09. The van der Waals surface area contributed by atoms with Crippen LogP contribution in [0.4, 0.5) is 0 Å². The third-order valence-electron chi connectivity index (χ3n) is 3.50. The number of hydrogen-bond donors (Lipinski definition) is 1. The van der Waals surface area contributed by atoms with Gasteiger partial charge in [0.05, 0.1) is 0 Å². The Kier molecular flexibility index (Phi) is 3.78. The molecule has 2 N–H and O–H groups in total. The van der Waals surface area contributed by atoms with Crippen molar-refractivity contribution >= 4 is 0 Å². The molecule has 0 saturated heterocycles. The Labute approximate surface area is 83.1 Å². The molecule has 0 bridgehead atoms. The molecule has 0 heterocycles. The van der Waals surface area contributed by atoms with Gasteiger partial charge in [0.25, 0.3) is 0 Å². The van der Waals surface area contributed by atoms with Gasteiger partial charge < -0.3 is 5.73 Å². The number of rotatable bonds is 4. The van der Waals surface area contributed by atoms with E-state index in [4.69, 9.17) is 5.73 Å². The fourth-order valence-corrected chi connectivity index (χ4v) is 2.99. The number of nitrogens with two attached hydrogens (primary N) is 1. The fourth-order valence-electron chi connectivity index (χ4n) is 2.99. The van der Waals surface area contributed by atoms with Gasteiger partial charge in [0.1, 0.15) is 0 Å². The van der Waals surface area contributed by atoms with E-state index < -0.39 is 0 Å². The first-order valence-corrected chi connectivity index (χ1v) is 5.81. The highest BCUT2D eigenvalue weighted by Crippen LogP contribution is 2.42. The largest absolute Gasteiger partial charge is 0.328 e. The first-order valence-electron chi connectivity index (χ1n) is 5.81. The van der Waals surface area contributed by atoms with Crippen LogP contribution in [-0.4, -0.2) is 6.04 Å². The van der Waals surface area contributed by atoms with Gasteiger partial charge in [0.2, 0.25) is 0 Å². The first kappa shape index (κ1) is 11.0. The minimum atomic E-state index is 0.485. The molecule has 0 aromatic rings. The van der Waals surface area contributed by atoms with Gasteiger partial charge in [-0.2, -0.15) is 0 Å². The normalized spacial score (nSPS) is 36.5. The third kappa shape index (κ3) is 3.30. The van der Waals surface area contributed by atoms with Gasteiger partial charge in [-0.05, 0) is 37.0 Å². The molecule has 0 aliphatic heterocycles. The summed E-state index contributed by atoms with van der Waals surface area (Å²) >= 11 is 0. The summed E-state index contributed by atoms with van der Waals surface area (Å²) in [5.41, 5.74) is 6.52. The Morgan fingerprint density at radius 3 is 2.69 bits per heavy atom. The van der Waals surface area contributed by atoms with E-state index in [1.54, 1.807) is 0 Å². The highest BCUT2D eigenvalue weighted by atomic mass is 14.7. The van der Waals surface area contributed by atoms with Crippen LogP contribution in [0.3, 0.4) is 0 Å². The van der Waals surface area contributed by atoms with E-state index in [0.29, 0.717) is 11.5 Å². The molecule has 3 atom stereocenters. The first-order chi connectivity index (χ1) is 6.06. The molecule has 1 nitrogen and oxygen atoms in total. The Bertz CT molecular complexity index is 155. The molecule has 0 radical (unpaired) electrons. The van der Waals surface area contributed by atoms with Gasteiger partial charge in [0.15, 0.2) is 0 Å². The van der Waals surface area contributed by atoms with Crippen LogP contribution >= 0.6 is 0 Å². The van der Waals surface area contributed by atoms with Gasteiger partial charge in [-0.25, -0.2) is 0 Å². The van der Waals surface area contributed by atoms with Crippen molar-refractivity contribution in [2.24, 2.45) is 17.1 Å². The molecule has 3 unspecified atom stereocenters. The van der Waals surface area contributed by atoms with E-state index in [9.17, 15) is 0 Å². The van der Waals surface area contributed by atoms with Crippen molar-refractivity contribution < 1.29 is 0 Å². The lowest BCUT2D eigenvalue weighted by atomic mass is 9.79. The Morgan fingerprint density at radius 1 is 1.54 bits per heavy atom. The maximum atomic E-state index is 5.96. The summed E-state index contributed by atoms with van der Waals surface area (Å²) in [6, 6.07) is 0.485. The topological polar surface area (TPSA) is 26.0 Å². The van der Waals surface area contributed by atoms with Gasteiger partial charge in [-0.1, -0.05) is 33.6 Å². The molecule has 13 heavy (non-hydrogen) atoms. The van der Waals surface area contributed by atoms with Crippen LogP contribution in [0.15, 0.2) is 0 Å². The van der Waals surface area contributed by atoms with Crippen molar-refractivity contribution in [2.75, 3.05) is 0 Å². The highest BCUT2D eigenvalue weighted by Gasteiger charge is 2.33. The highest BCUT2D eigenvalue weighted by molar-refractivity contribution is 4.88. The molecule has 0 aromatic heterocycles. The minimum absolute atomic E-state index is 0.485. The van der Waals surface area contributed by atoms with Crippen molar-refractivity contribution in [3.8, 4) is 0 Å². The second-order valence-electron chi connectivity index (χ2n) is 5.41. The van der Waals surface area contributed by atoms with E-state index in [-0.39, 0.29) is 0 Å². The minimum Gasteiger partial charge on any atom is -0.328 e. The average molecular weight is 183 g/mol. The summed E-state index contributed by atoms with van der Waals surface area (Å²) in [5, 5.41) is 0. The zero-order chi connectivity index (χ0) is 9.90. The molecule has 0 amide bonds. The third-order valence-corrected chi connectivity index (χ3v) is 3.50. The van der Waals surface area contributed by atoms with Crippen molar-refractivity contribution in [1.82, 2.24) is 0 Å². The van der Waals surface area contributed by atoms with Crippen molar-refractivity contribution in [3.05, 3.63) is 0 Å². The molecule has 78 valence electrons. The SMILES string of the molecule is CCCC(C)CC1(C)CCC(N)C1. The van der Waals surface area contributed by atoms with E-state index in [1.165, 1.54) is 38.5 Å². The zero-order valence-corrected chi connectivity index (χ0v) is 9.47. The molecule has 1 fully saturated rings. The zero-order valence-electron chi connectivity index (χ0n) is 9.47. The molecule has 1 rings (SSSR count). The molecule has 0 spiro atoms. The van der Waals surface area contributed by atoms with Crippen molar-refractivity contribution in [2.45, 2.75) is 65.3 Å². The quantitative estimate of drug-likeness (QED) is 0.711. The van der Waals surface area contributed by atoms with Crippen molar-refractivity contribution in [3.63, 3.8) is 0 Å². The van der Waals surface area contributed by atoms with Crippen LogP contribution in [0.2, 0.25) is 0 Å². The lowest BCUT2D eigenvalue weighted by Crippen LogP contribution is -2.21. The van der Waals surface area contributed by atoms with Gasteiger partial charge in [-0.15, -0.1) is 0 Å². The molecular weight excluding hydrogens is 158 g/mol. The fraction of sp³-hybridized carbons (Fsp3) is 1.00. The van der Waals surface area contributed by atoms with E-state index in [2.05, 4.69) is 20.8 Å². The van der Waals surface area contributed by atoms with E-state index >= 15 is 0 Å². The van der Waals surface area contributed by atoms with Gasteiger partial charge >= 0.3 is 0 Å². The monoisotopic (exact) mass is 183 g/mol.